The van der Waals surface area contributed by atoms with Crippen LogP contribution in [0.15, 0.2) is 30.6 Å². The predicted octanol–water partition coefficient (Wildman–Crippen LogP) is 3.36. The lowest BCUT2D eigenvalue weighted by molar-refractivity contribution is -0.140. The Kier molecular flexibility index (Phi) is 5.44. The van der Waals surface area contributed by atoms with Gasteiger partial charge in [-0.3, -0.25) is 9.78 Å². The number of hydrogen-bond acceptors (Lipinski definition) is 5. The first kappa shape index (κ1) is 19.3. The number of anilines is 1. The van der Waals surface area contributed by atoms with Crippen molar-refractivity contribution >= 4 is 11.7 Å². The van der Waals surface area contributed by atoms with E-state index in [4.69, 9.17) is 4.98 Å². The summed E-state index contributed by atoms with van der Waals surface area (Å²) in [4.78, 5) is 30.5. The molecule has 3 rings (SSSR count). The molecular weight excluding hydrogens is 338 g/mol. The van der Waals surface area contributed by atoms with Gasteiger partial charge < -0.3 is 9.80 Å². The van der Waals surface area contributed by atoms with E-state index in [1.165, 1.54) is 0 Å². The Labute approximate surface area is 161 Å². The van der Waals surface area contributed by atoms with Crippen molar-refractivity contribution < 1.29 is 4.79 Å². The second kappa shape index (κ2) is 7.62. The number of aromatic nitrogens is 3. The first-order valence-electron chi connectivity index (χ1n) is 9.52. The summed E-state index contributed by atoms with van der Waals surface area (Å²) in [6, 6.07) is 5.92. The molecule has 0 N–H and O–H groups in total. The number of amides is 1. The molecule has 0 spiro atoms. The molecule has 1 amide bonds. The Morgan fingerprint density at radius 1 is 1.26 bits per heavy atom. The van der Waals surface area contributed by atoms with Crippen LogP contribution in [-0.2, 0) is 4.79 Å². The van der Waals surface area contributed by atoms with Crippen LogP contribution >= 0.6 is 0 Å². The fourth-order valence-corrected chi connectivity index (χ4v) is 3.39. The Morgan fingerprint density at radius 3 is 2.67 bits per heavy atom. The monoisotopic (exact) mass is 367 g/mol. The zero-order valence-electron chi connectivity index (χ0n) is 16.9. The third-order valence-electron chi connectivity index (χ3n) is 4.88. The number of carbonyl (C=O) groups excluding carboxylic acids is 1. The normalized spacial score (nSPS) is 17.7. The van der Waals surface area contributed by atoms with Crippen molar-refractivity contribution in [2.75, 3.05) is 32.1 Å². The topological polar surface area (TPSA) is 62.2 Å². The first-order valence-corrected chi connectivity index (χ1v) is 9.52. The molecule has 1 aliphatic rings. The average Bonchev–Trinajstić information content (AvgIpc) is 2.67. The van der Waals surface area contributed by atoms with Gasteiger partial charge in [-0.15, -0.1) is 0 Å². The Hall–Kier alpha value is -2.50. The van der Waals surface area contributed by atoms with Gasteiger partial charge in [0, 0.05) is 62.5 Å². The fourth-order valence-electron chi connectivity index (χ4n) is 3.39. The largest absolute Gasteiger partial charge is 0.363 e. The van der Waals surface area contributed by atoms with Gasteiger partial charge in [0.25, 0.3) is 0 Å². The number of piperidine rings is 1. The van der Waals surface area contributed by atoms with E-state index in [2.05, 4.69) is 16.0 Å². The Balaban J connectivity index is 1.93. The Morgan fingerprint density at radius 2 is 2.04 bits per heavy atom. The highest BCUT2D eigenvalue weighted by Gasteiger charge is 2.32. The number of hydrogen-bond donors (Lipinski definition) is 0. The zero-order chi connectivity index (χ0) is 19.6. The van der Waals surface area contributed by atoms with Gasteiger partial charge in [0.1, 0.15) is 5.82 Å². The minimum Gasteiger partial charge on any atom is -0.363 e. The molecule has 1 saturated heterocycles. The fraction of sp³-hybridized carbons (Fsp3) is 0.524. The van der Waals surface area contributed by atoms with Gasteiger partial charge in [0.05, 0.1) is 5.69 Å². The third kappa shape index (κ3) is 4.43. The number of nitrogens with zero attached hydrogens (tertiary/aromatic N) is 5. The number of pyridine rings is 1. The van der Waals surface area contributed by atoms with Gasteiger partial charge in [-0.1, -0.05) is 20.8 Å². The number of likely N-dealkylation sites (tertiary alicyclic amines) is 1. The van der Waals surface area contributed by atoms with Crippen molar-refractivity contribution in [3.8, 4) is 11.4 Å². The summed E-state index contributed by atoms with van der Waals surface area (Å²) in [6.45, 7) is 7.48. The molecule has 1 fully saturated rings. The molecule has 1 aliphatic heterocycles. The highest BCUT2D eigenvalue weighted by Crippen LogP contribution is 2.31. The van der Waals surface area contributed by atoms with Crippen molar-refractivity contribution in [3.05, 3.63) is 36.3 Å². The molecule has 2 aromatic rings. The summed E-state index contributed by atoms with van der Waals surface area (Å²) in [5, 5.41) is 0. The van der Waals surface area contributed by atoms with Crippen molar-refractivity contribution in [1.82, 2.24) is 19.9 Å². The van der Waals surface area contributed by atoms with Crippen molar-refractivity contribution in [3.63, 3.8) is 0 Å². The second-order valence-electron chi connectivity index (χ2n) is 8.45. The molecule has 27 heavy (non-hydrogen) atoms. The highest BCUT2D eigenvalue weighted by atomic mass is 16.2. The summed E-state index contributed by atoms with van der Waals surface area (Å²) >= 11 is 0. The lowest BCUT2D eigenvalue weighted by atomic mass is 9.90. The van der Waals surface area contributed by atoms with E-state index < -0.39 is 0 Å². The van der Waals surface area contributed by atoms with E-state index in [-0.39, 0.29) is 17.2 Å². The molecule has 3 heterocycles. The van der Waals surface area contributed by atoms with E-state index >= 15 is 0 Å². The second-order valence-corrected chi connectivity index (χ2v) is 8.45. The lowest BCUT2D eigenvalue weighted by Crippen LogP contribution is -2.44. The molecule has 0 unspecified atom stereocenters. The van der Waals surface area contributed by atoms with Crippen LogP contribution in [0.5, 0.6) is 0 Å². The molecule has 0 radical (unpaired) electrons. The lowest BCUT2D eigenvalue weighted by Gasteiger charge is -2.36. The SMILES string of the molecule is CN(C)c1cc([C@@H]2CCCN(C(=O)C(C)(C)C)C2)nc(-c2cccnc2)n1. The maximum atomic E-state index is 12.7. The Bertz CT molecular complexity index is 798. The van der Waals surface area contributed by atoms with E-state index in [0.29, 0.717) is 12.4 Å². The van der Waals surface area contributed by atoms with Crippen LogP contribution in [0.3, 0.4) is 0 Å². The minimum absolute atomic E-state index is 0.210. The van der Waals surface area contributed by atoms with Crippen LogP contribution in [0, 0.1) is 5.41 Å². The summed E-state index contributed by atoms with van der Waals surface area (Å²) in [5.74, 6) is 1.99. The van der Waals surface area contributed by atoms with Crippen molar-refractivity contribution in [2.24, 2.45) is 5.41 Å². The maximum Gasteiger partial charge on any atom is 0.227 e. The third-order valence-corrected chi connectivity index (χ3v) is 4.88. The smallest absolute Gasteiger partial charge is 0.227 e. The minimum atomic E-state index is -0.358. The molecule has 144 valence electrons. The quantitative estimate of drug-likeness (QED) is 0.832. The zero-order valence-corrected chi connectivity index (χ0v) is 16.9. The van der Waals surface area contributed by atoms with Crippen LogP contribution in [-0.4, -0.2) is 52.9 Å². The average molecular weight is 367 g/mol. The number of carbonyl (C=O) groups is 1. The van der Waals surface area contributed by atoms with Gasteiger partial charge >= 0.3 is 0 Å². The van der Waals surface area contributed by atoms with Crippen LogP contribution < -0.4 is 4.90 Å². The molecule has 0 aliphatic carbocycles. The van der Waals surface area contributed by atoms with Gasteiger partial charge in [0.2, 0.25) is 5.91 Å². The van der Waals surface area contributed by atoms with Gasteiger partial charge in [-0.25, -0.2) is 9.97 Å². The molecule has 2 aromatic heterocycles. The summed E-state index contributed by atoms with van der Waals surface area (Å²) in [7, 11) is 3.96. The summed E-state index contributed by atoms with van der Waals surface area (Å²) < 4.78 is 0. The molecule has 0 aromatic carbocycles. The number of rotatable bonds is 3. The van der Waals surface area contributed by atoms with Gasteiger partial charge in [-0.2, -0.15) is 0 Å². The molecular formula is C21H29N5O. The van der Waals surface area contributed by atoms with Crippen LogP contribution in [0.4, 0.5) is 5.82 Å². The highest BCUT2D eigenvalue weighted by molar-refractivity contribution is 5.81. The van der Waals surface area contributed by atoms with E-state index in [0.717, 1.165) is 36.5 Å². The van der Waals surface area contributed by atoms with Crippen molar-refractivity contribution in [2.45, 2.75) is 39.5 Å². The molecule has 6 heteroatoms. The predicted molar refractivity (Wildman–Crippen MR) is 108 cm³/mol. The summed E-state index contributed by atoms with van der Waals surface area (Å²) in [5.41, 5.74) is 1.54. The van der Waals surface area contributed by atoms with Crippen LogP contribution in [0.1, 0.15) is 45.2 Å². The standard InChI is InChI=1S/C21H29N5O/c1-21(2,3)20(27)26-11-7-9-16(14-26)17-12-18(25(4)5)24-19(23-17)15-8-6-10-22-13-15/h6,8,10,12-13,16H,7,9,11,14H2,1-5H3/t16-/m1/s1. The molecule has 0 saturated carbocycles. The van der Waals surface area contributed by atoms with Crippen LogP contribution in [0.2, 0.25) is 0 Å². The van der Waals surface area contributed by atoms with E-state index in [1.54, 1.807) is 12.4 Å². The van der Waals surface area contributed by atoms with Crippen molar-refractivity contribution in [1.29, 1.82) is 0 Å². The molecule has 6 nitrogen and oxygen atoms in total. The first-order chi connectivity index (χ1) is 12.8. The van der Waals surface area contributed by atoms with Gasteiger partial charge in [-0.05, 0) is 25.0 Å². The summed E-state index contributed by atoms with van der Waals surface area (Å²) in [6.07, 6.45) is 5.56. The molecule has 0 bridgehead atoms. The maximum absolute atomic E-state index is 12.7. The van der Waals surface area contributed by atoms with Gasteiger partial charge in [0.15, 0.2) is 5.82 Å². The van der Waals surface area contributed by atoms with Crippen LogP contribution in [0.25, 0.3) is 11.4 Å². The van der Waals surface area contributed by atoms with E-state index in [9.17, 15) is 4.79 Å². The van der Waals surface area contributed by atoms with E-state index in [1.807, 2.05) is 56.8 Å². The molecule has 1 atom stereocenters.